The molecule has 1 aliphatic carbocycles. The van der Waals surface area contributed by atoms with Gasteiger partial charge < -0.3 is 25.4 Å². The number of para-hydroxylation sites is 1. The molecule has 0 radical (unpaired) electrons. The lowest BCUT2D eigenvalue weighted by molar-refractivity contribution is 0.124. The standard InChI is InChI=1S/C30H33FN8O.C2H6/c1-18-3-2-4-25-27(18)40-30(37-25)36-24-10-5-19(15-23(24)31)22-16-39(29-26(22)28(32)34-17-35-29)21-8-6-20(7-9-21)38-13-11-33-12-14-38;1-2/h2-5,10,15-17,20-21,33H,6-9,11-14H2,1H3,(H,36,37)(H2,32,34,35);1-2H3. The fraction of sp³-hybridized carbons (Fsp3) is 0.406. The summed E-state index contributed by atoms with van der Waals surface area (Å²) in [5, 5.41) is 7.20. The molecule has 4 heterocycles. The zero-order chi connectivity index (χ0) is 29.2. The van der Waals surface area contributed by atoms with Gasteiger partial charge in [-0.2, -0.15) is 4.98 Å². The molecule has 2 aromatic carbocycles. The van der Waals surface area contributed by atoms with Crippen molar-refractivity contribution in [1.82, 2.24) is 29.7 Å². The average Bonchev–Trinajstić information content (AvgIpc) is 3.63. The van der Waals surface area contributed by atoms with E-state index in [1.807, 2.05) is 45.0 Å². The van der Waals surface area contributed by atoms with Crippen LogP contribution in [0.2, 0.25) is 0 Å². The van der Waals surface area contributed by atoms with Crippen LogP contribution in [-0.2, 0) is 0 Å². The molecular weight excluding hydrogens is 531 g/mol. The summed E-state index contributed by atoms with van der Waals surface area (Å²) in [4.78, 5) is 16.0. The molecule has 2 fully saturated rings. The van der Waals surface area contributed by atoms with Gasteiger partial charge in [0.05, 0.1) is 11.1 Å². The van der Waals surface area contributed by atoms with Crippen molar-refractivity contribution in [2.24, 2.45) is 0 Å². The zero-order valence-electron chi connectivity index (χ0n) is 24.5. The number of fused-ring (bicyclic) bond motifs is 2. The fourth-order valence-corrected chi connectivity index (χ4v) is 6.39. The number of aromatic nitrogens is 4. The van der Waals surface area contributed by atoms with E-state index in [4.69, 9.17) is 10.2 Å². The summed E-state index contributed by atoms with van der Waals surface area (Å²) >= 11 is 0. The number of nitrogen functional groups attached to an aromatic ring is 1. The number of halogens is 1. The maximum absolute atomic E-state index is 15.4. The van der Waals surface area contributed by atoms with Gasteiger partial charge in [0.1, 0.15) is 29.1 Å². The van der Waals surface area contributed by atoms with Gasteiger partial charge in [-0.05, 0) is 61.9 Å². The molecule has 1 saturated heterocycles. The molecule has 2 aliphatic rings. The van der Waals surface area contributed by atoms with Gasteiger partial charge in [-0.1, -0.05) is 32.0 Å². The lowest BCUT2D eigenvalue weighted by Crippen LogP contribution is -2.49. The van der Waals surface area contributed by atoms with Crippen LogP contribution in [-0.4, -0.2) is 56.6 Å². The van der Waals surface area contributed by atoms with E-state index in [1.165, 1.54) is 12.4 Å². The molecule has 9 nitrogen and oxygen atoms in total. The number of rotatable bonds is 5. The van der Waals surface area contributed by atoms with Crippen LogP contribution in [0.5, 0.6) is 0 Å². The Balaban J connectivity index is 0.00000155. The normalized spacial score (nSPS) is 19.5. The van der Waals surface area contributed by atoms with Gasteiger partial charge in [-0.15, -0.1) is 0 Å². The van der Waals surface area contributed by atoms with Crippen molar-refractivity contribution >= 4 is 39.7 Å². The molecule has 0 atom stereocenters. The number of anilines is 3. The predicted octanol–water partition coefficient (Wildman–Crippen LogP) is 6.43. The quantitative estimate of drug-likeness (QED) is 0.222. The summed E-state index contributed by atoms with van der Waals surface area (Å²) in [6, 6.07) is 12.1. The highest BCUT2D eigenvalue weighted by molar-refractivity contribution is 6.00. The third-order valence-corrected chi connectivity index (χ3v) is 8.50. The second-order valence-electron chi connectivity index (χ2n) is 10.9. The first-order chi connectivity index (χ1) is 20.5. The second-order valence-corrected chi connectivity index (χ2v) is 10.9. The Bertz CT molecular complexity index is 1680. The van der Waals surface area contributed by atoms with E-state index >= 15 is 4.39 Å². The van der Waals surface area contributed by atoms with E-state index in [-0.39, 0.29) is 11.7 Å². The van der Waals surface area contributed by atoms with Crippen LogP contribution < -0.4 is 16.4 Å². The van der Waals surface area contributed by atoms with E-state index < -0.39 is 5.82 Å². The van der Waals surface area contributed by atoms with Crippen molar-refractivity contribution in [3.05, 3.63) is 60.3 Å². The highest BCUT2D eigenvalue weighted by Crippen LogP contribution is 2.39. The average molecular weight is 571 g/mol. The molecule has 0 unspecified atom stereocenters. The minimum absolute atomic E-state index is 0.251. The fourth-order valence-electron chi connectivity index (χ4n) is 6.39. The summed E-state index contributed by atoms with van der Waals surface area (Å²) in [5.74, 6) is -0.0120. The molecule has 5 aromatic rings. The number of oxazole rings is 1. The number of hydrogen-bond donors (Lipinski definition) is 3. The van der Waals surface area contributed by atoms with Crippen molar-refractivity contribution in [2.45, 2.75) is 58.5 Å². The number of aryl methyl sites for hydroxylation is 1. The van der Waals surface area contributed by atoms with E-state index in [2.05, 4.69) is 41.2 Å². The number of nitrogens with zero attached hydrogens (tertiary/aromatic N) is 5. The van der Waals surface area contributed by atoms with Crippen molar-refractivity contribution < 1.29 is 8.81 Å². The van der Waals surface area contributed by atoms with Gasteiger partial charge >= 0.3 is 0 Å². The Morgan fingerprint density at radius 1 is 1.02 bits per heavy atom. The van der Waals surface area contributed by atoms with Gasteiger partial charge in [0.15, 0.2) is 5.58 Å². The first kappa shape index (κ1) is 28.1. The molecule has 1 aliphatic heterocycles. The maximum Gasteiger partial charge on any atom is 0.300 e. The number of piperazine rings is 1. The van der Waals surface area contributed by atoms with E-state index in [0.29, 0.717) is 23.5 Å². The minimum atomic E-state index is -0.413. The summed E-state index contributed by atoms with van der Waals surface area (Å²) < 4.78 is 23.5. The van der Waals surface area contributed by atoms with Crippen LogP contribution in [0.1, 0.15) is 51.1 Å². The van der Waals surface area contributed by atoms with Crippen LogP contribution in [0, 0.1) is 12.7 Å². The highest BCUT2D eigenvalue weighted by Gasteiger charge is 2.29. The summed E-state index contributed by atoms with van der Waals surface area (Å²) in [6.45, 7) is 10.3. The van der Waals surface area contributed by atoms with Crippen molar-refractivity contribution in [1.29, 1.82) is 0 Å². The van der Waals surface area contributed by atoms with Crippen molar-refractivity contribution in [3.63, 3.8) is 0 Å². The van der Waals surface area contributed by atoms with E-state index in [0.717, 1.165) is 85.1 Å². The molecule has 1 saturated carbocycles. The third kappa shape index (κ3) is 5.32. The van der Waals surface area contributed by atoms with E-state index in [9.17, 15) is 0 Å². The molecule has 0 bridgehead atoms. The molecule has 4 N–H and O–H groups in total. The summed E-state index contributed by atoms with van der Waals surface area (Å²) in [5.41, 5.74) is 11.4. The van der Waals surface area contributed by atoms with Crippen LogP contribution in [0.15, 0.2) is 53.3 Å². The minimum Gasteiger partial charge on any atom is -0.423 e. The number of benzene rings is 2. The Morgan fingerprint density at radius 3 is 2.52 bits per heavy atom. The zero-order valence-corrected chi connectivity index (χ0v) is 24.5. The summed E-state index contributed by atoms with van der Waals surface area (Å²) in [6.07, 6.45) is 8.05. The predicted molar refractivity (Wildman–Crippen MR) is 166 cm³/mol. The number of nitrogens with two attached hydrogens (primary N) is 1. The van der Waals surface area contributed by atoms with Crippen LogP contribution in [0.4, 0.5) is 21.9 Å². The van der Waals surface area contributed by atoms with E-state index in [1.54, 1.807) is 6.07 Å². The largest absolute Gasteiger partial charge is 0.423 e. The molecule has 42 heavy (non-hydrogen) atoms. The second kappa shape index (κ2) is 12.1. The molecule has 220 valence electrons. The monoisotopic (exact) mass is 570 g/mol. The van der Waals surface area contributed by atoms with Crippen molar-refractivity contribution in [2.75, 3.05) is 37.2 Å². The molecule has 7 rings (SSSR count). The maximum atomic E-state index is 15.4. The molecule has 10 heteroatoms. The van der Waals surface area contributed by atoms with Gasteiger partial charge in [-0.3, -0.25) is 4.90 Å². The smallest absolute Gasteiger partial charge is 0.300 e. The first-order valence-electron chi connectivity index (χ1n) is 15.0. The van der Waals surface area contributed by atoms with Crippen molar-refractivity contribution in [3.8, 4) is 11.1 Å². The number of nitrogens with one attached hydrogen (secondary N) is 2. The first-order valence-corrected chi connectivity index (χ1v) is 15.0. The molecule has 3 aromatic heterocycles. The Morgan fingerprint density at radius 2 is 1.79 bits per heavy atom. The Labute approximate surface area is 245 Å². The van der Waals surface area contributed by atoms with Crippen LogP contribution in [0.3, 0.4) is 0 Å². The SMILES string of the molecule is CC.Cc1cccc2nc(Nc3ccc(-c4cn(C5CCC(N6CCNCC6)CC5)c5ncnc(N)c45)cc3F)oc12. The third-order valence-electron chi connectivity index (χ3n) is 8.50. The topological polar surface area (TPSA) is 110 Å². The van der Waals surface area contributed by atoms with Gasteiger partial charge in [-0.25, -0.2) is 14.4 Å². The lowest BCUT2D eigenvalue weighted by Gasteiger charge is -2.39. The molecule has 0 spiro atoms. The van der Waals surface area contributed by atoms with Gasteiger partial charge in [0, 0.05) is 50.0 Å². The summed E-state index contributed by atoms with van der Waals surface area (Å²) in [7, 11) is 0. The number of hydrogen-bond acceptors (Lipinski definition) is 8. The Kier molecular flexibility index (Phi) is 8.08. The highest BCUT2D eigenvalue weighted by atomic mass is 19.1. The molecule has 0 amide bonds. The van der Waals surface area contributed by atoms with Crippen LogP contribution in [0.25, 0.3) is 33.3 Å². The Hall–Kier alpha value is -4.02. The van der Waals surface area contributed by atoms with Crippen LogP contribution >= 0.6 is 0 Å². The van der Waals surface area contributed by atoms with Gasteiger partial charge in [0.2, 0.25) is 0 Å². The lowest BCUT2D eigenvalue weighted by atomic mass is 9.89. The van der Waals surface area contributed by atoms with Gasteiger partial charge in [0.25, 0.3) is 6.01 Å². The molecular formula is C32H39FN8O.